The summed E-state index contributed by atoms with van der Waals surface area (Å²) in [5.74, 6) is 0.829. The molecule has 2 amide bonds. The number of carbonyl (C=O) groups is 1. The van der Waals surface area contributed by atoms with Crippen LogP contribution in [0.25, 0.3) is 0 Å². The molecule has 0 aliphatic rings. The molecule has 0 fully saturated rings. The summed E-state index contributed by atoms with van der Waals surface area (Å²) in [6.07, 6.45) is 4.09. The van der Waals surface area contributed by atoms with Crippen LogP contribution < -0.4 is 10.1 Å². The Hall–Kier alpha value is -2.43. The maximum absolute atomic E-state index is 12.2. The number of benzene rings is 1. The third-order valence-corrected chi connectivity index (χ3v) is 3.37. The van der Waals surface area contributed by atoms with Gasteiger partial charge in [0.2, 0.25) is 0 Å². The van der Waals surface area contributed by atoms with Crippen LogP contribution in [-0.2, 0) is 20.1 Å². The van der Waals surface area contributed by atoms with Crippen LogP contribution >= 0.6 is 0 Å². The highest BCUT2D eigenvalue weighted by Gasteiger charge is 2.09. The van der Waals surface area contributed by atoms with Crippen LogP contribution in [0.5, 0.6) is 5.75 Å². The van der Waals surface area contributed by atoms with E-state index in [-0.39, 0.29) is 12.1 Å². The molecular formula is C18H25N3O2. The predicted octanol–water partition coefficient (Wildman–Crippen LogP) is 3.15. The fourth-order valence-corrected chi connectivity index (χ4v) is 2.31. The van der Waals surface area contributed by atoms with Crippen molar-refractivity contribution in [3.63, 3.8) is 0 Å². The van der Waals surface area contributed by atoms with E-state index in [1.165, 1.54) is 0 Å². The summed E-state index contributed by atoms with van der Waals surface area (Å²) in [7, 11) is 3.75. The largest absolute Gasteiger partial charge is 0.491 e. The Balaban J connectivity index is 1.87. The van der Waals surface area contributed by atoms with Gasteiger partial charge in [-0.3, -0.25) is 0 Å². The number of amides is 2. The highest BCUT2D eigenvalue weighted by molar-refractivity contribution is 5.73. The van der Waals surface area contributed by atoms with Crippen molar-refractivity contribution in [2.45, 2.75) is 33.0 Å². The molecular weight excluding hydrogens is 290 g/mol. The predicted molar refractivity (Wildman–Crippen MR) is 91.3 cm³/mol. The van der Waals surface area contributed by atoms with E-state index in [9.17, 15) is 4.79 Å². The maximum atomic E-state index is 12.2. The quantitative estimate of drug-likeness (QED) is 0.890. The Kier molecular flexibility index (Phi) is 5.68. The molecule has 2 aromatic rings. The lowest BCUT2D eigenvalue weighted by Gasteiger charge is -2.18. The van der Waals surface area contributed by atoms with Crippen molar-refractivity contribution < 1.29 is 9.53 Å². The highest BCUT2D eigenvalue weighted by Crippen LogP contribution is 2.16. The van der Waals surface area contributed by atoms with Crippen molar-refractivity contribution in [1.29, 1.82) is 0 Å². The summed E-state index contributed by atoms with van der Waals surface area (Å²) in [6, 6.07) is 9.74. The van der Waals surface area contributed by atoms with Gasteiger partial charge >= 0.3 is 6.03 Å². The zero-order valence-corrected chi connectivity index (χ0v) is 14.2. The average Bonchev–Trinajstić information content (AvgIpc) is 2.90. The second kappa shape index (κ2) is 7.72. The van der Waals surface area contributed by atoms with Crippen LogP contribution in [0.1, 0.15) is 25.0 Å². The maximum Gasteiger partial charge on any atom is 0.317 e. The molecule has 5 heteroatoms. The van der Waals surface area contributed by atoms with Crippen LogP contribution in [0.2, 0.25) is 0 Å². The molecule has 0 aliphatic heterocycles. The zero-order chi connectivity index (χ0) is 16.8. The first-order valence-corrected chi connectivity index (χ1v) is 7.79. The lowest BCUT2D eigenvalue weighted by atomic mass is 10.2. The van der Waals surface area contributed by atoms with Crippen LogP contribution in [-0.4, -0.2) is 28.6 Å². The van der Waals surface area contributed by atoms with Gasteiger partial charge in [0.1, 0.15) is 5.75 Å². The van der Waals surface area contributed by atoms with Gasteiger partial charge in [0.15, 0.2) is 0 Å². The smallest absolute Gasteiger partial charge is 0.317 e. The molecule has 1 aromatic heterocycles. The van der Waals surface area contributed by atoms with Crippen molar-refractivity contribution in [3.8, 4) is 5.75 Å². The number of hydrogen-bond donors (Lipinski definition) is 1. The third-order valence-electron chi connectivity index (χ3n) is 3.37. The molecule has 5 nitrogen and oxygen atoms in total. The highest BCUT2D eigenvalue weighted by atomic mass is 16.5. The first-order valence-electron chi connectivity index (χ1n) is 7.79. The average molecular weight is 315 g/mol. The van der Waals surface area contributed by atoms with Crippen molar-refractivity contribution in [1.82, 2.24) is 14.8 Å². The van der Waals surface area contributed by atoms with Gasteiger partial charge in [0.25, 0.3) is 0 Å². The van der Waals surface area contributed by atoms with E-state index in [0.717, 1.165) is 16.9 Å². The minimum atomic E-state index is -0.0935. The van der Waals surface area contributed by atoms with E-state index in [0.29, 0.717) is 13.1 Å². The lowest BCUT2D eigenvalue weighted by Crippen LogP contribution is -2.36. The van der Waals surface area contributed by atoms with Gasteiger partial charge in [-0.1, -0.05) is 12.1 Å². The van der Waals surface area contributed by atoms with Crippen LogP contribution in [0.3, 0.4) is 0 Å². The molecule has 0 bridgehead atoms. The van der Waals surface area contributed by atoms with E-state index in [2.05, 4.69) is 5.32 Å². The van der Waals surface area contributed by atoms with Gasteiger partial charge in [-0.2, -0.15) is 0 Å². The number of aromatic nitrogens is 1. The van der Waals surface area contributed by atoms with Crippen molar-refractivity contribution in [2.24, 2.45) is 7.05 Å². The molecule has 2 rings (SSSR count). The fraction of sp³-hybridized carbons (Fsp3) is 0.389. The van der Waals surface area contributed by atoms with Gasteiger partial charge in [-0.25, -0.2) is 4.79 Å². The molecule has 124 valence electrons. The molecule has 0 saturated heterocycles. The number of ether oxygens (including phenoxy) is 1. The Bertz CT molecular complexity index is 649. The van der Waals surface area contributed by atoms with Crippen LogP contribution in [0, 0.1) is 0 Å². The van der Waals surface area contributed by atoms with E-state index in [1.54, 1.807) is 11.9 Å². The molecule has 0 radical (unpaired) electrons. The number of nitrogens with one attached hydrogen (secondary N) is 1. The number of aryl methyl sites for hydroxylation is 1. The van der Waals surface area contributed by atoms with Crippen LogP contribution in [0.15, 0.2) is 42.7 Å². The molecule has 0 saturated carbocycles. The lowest BCUT2D eigenvalue weighted by molar-refractivity contribution is 0.206. The standard InChI is InChI=1S/C18H25N3O2/c1-14(2)23-17-7-5-6-15(10-17)13-21(4)18(22)19-11-16-8-9-20(3)12-16/h5-10,12,14H,11,13H2,1-4H3,(H,19,22). The second-order valence-corrected chi connectivity index (χ2v) is 6.01. The number of nitrogens with zero attached hydrogens (tertiary/aromatic N) is 2. The Morgan fingerprint density at radius 3 is 2.74 bits per heavy atom. The molecule has 1 heterocycles. The summed E-state index contributed by atoms with van der Waals surface area (Å²) >= 11 is 0. The molecule has 0 unspecified atom stereocenters. The van der Waals surface area contributed by atoms with Crippen molar-refractivity contribution >= 4 is 6.03 Å². The Morgan fingerprint density at radius 1 is 1.30 bits per heavy atom. The van der Waals surface area contributed by atoms with Crippen molar-refractivity contribution in [2.75, 3.05) is 7.05 Å². The van der Waals surface area contributed by atoms with Crippen LogP contribution in [0.4, 0.5) is 4.79 Å². The minimum Gasteiger partial charge on any atom is -0.491 e. The zero-order valence-electron chi connectivity index (χ0n) is 14.2. The third kappa shape index (κ3) is 5.36. The molecule has 23 heavy (non-hydrogen) atoms. The summed E-state index contributed by atoms with van der Waals surface area (Å²) in [5, 5.41) is 2.92. The summed E-state index contributed by atoms with van der Waals surface area (Å²) < 4.78 is 7.65. The summed E-state index contributed by atoms with van der Waals surface area (Å²) in [4.78, 5) is 13.8. The molecule has 1 aromatic carbocycles. The van der Waals surface area contributed by atoms with Gasteiger partial charge in [-0.05, 0) is 43.2 Å². The van der Waals surface area contributed by atoms with E-state index < -0.39 is 0 Å². The summed E-state index contributed by atoms with van der Waals surface area (Å²) in [5.41, 5.74) is 2.13. The second-order valence-electron chi connectivity index (χ2n) is 6.01. The number of carbonyl (C=O) groups excluding carboxylic acids is 1. The van der Waals surface area contributed by atoms with Gasteiger partial charge < -0.3 is 19.5 Å². The van der Waals surface area contributed by atoms with Gasteiger partial charge in [0.05, 0.1) is 6.10 Å². The molecule has 0 atom stereocenters. The minimum absolute atomic E-state index is 0.0935. The van der Waals surface area contributed by atoms with Gasteiger partial charge in [-0.15, -0.1) is 0 Å². The monoisotopic (exact) mass is 315 g/mol. The Morgan fingerprint density at radius 2 is 2.09 bits per heavy atom. The molecule has 1 N–H and O–H groups in total. The molecule has 0 aliphatic carbocycles. The number of hydrogen-bond acceptors (Lipinski definition) is 2. The van der Waals surface area contributed by atoms with E-state index in [1.807, 2.05) is 68.2 Å². The van der Waals surface area contributed by atoms with Gasteiger partial charge in [0, 0.05) is 39.6 Å². The first-order chi connectivity index (χ1) is 10.9. The number of urea groups is 1. The first kappa shape index (κ1) is 16.9. The fourth-order valence-electron chi connectivity index (χ4n) is 2.31. The van der Waals surface area contributed by atoms with E-state index >= 15 is 0 Å². The van der Waals surface area contributed by atoms with Crippen molar-refractivity contribution in [3.05, 3.63) is 53.9 Å². The Labute approximate surface area is 137 Å². The summed E-state index contributed by atoms with van der Waals surface area (Å²) in [6.45, 7) is 5.06. The topological polar surface area (TPSA) is 46.5 Å². The van der Waals surface area contributed by atoms with E-state index in [4.69, 9.17) is 4.74 Å². The SMILES string of the molecule is CC(C)Oc1cccc(CN(C)C(=O)NCc2ccn(C)c2)c1. The number of rotatable bonds is 6. The molecule has 0 spiro atoms. The normalized spacial score (nSPS) is 10.7.